The number of aliphatic hydroxyl groups is 1. The summed E-state index contributed by atoms with van der Waals surface area (Å²) in [6, 6.07) is 8.12. The van der Waals surface area contributed by atoms with Crippen LogP contribution in [0.1, 0.15) is 37.4 Å². The Kier molecular flexibility index (Phi) is 5.51. The molecule has 6 nitrogen and oxygen atoms in total. The van der Waals surface area contributed by atoms with Crippen LogP contribution in [0.2, 0.25) is 0 Å². The third-order valence-electron chi connectivity index (χ3n) is 4.95. The van der Waals surface area contributed by atoms with Crippen LogP contribution in [0, 0.1) is 12.3 Å². The van der Waals surface area contributed by atoms with Gasteiger partial charge in [0.15, 0.2) is 6.29 Å². The van der Waals surface area contributed by atoms with Gasteiger partial charge in [0.25, 0.3) is 0 Å². The molecule has 2 aromatic rings. The highest BCUT2D eigenvalue weighted by atomic mass is 16.7. The second-order valence-electron chi connectivity index (χ2n) is 7.19. The zero-order valence-electron chi connectivity index (χ0n) is 15.1. The lowest BCUT2D eigenvalue weighted by atomic mass is 9.79. The van der Waals surface area contributed by atoms with E-state index in [4.69, 9.17) is 9.47 Å². The molecule has 0 amide bonds. The van der Waals surface area contributed by atoms with Gasteiger partial charge in [0.2, 0.25) is 0 Å². The van der Waals surface area contributed by atoms with Crippen LogP contribution in [0.4, 0.5) is 0 Å². The second kappa shape index (κ2) is 7.64. The van der Waals surface area contributed by atoms with Crippen LogP contribution in [-0.4, -0.2) is 45.5 Å². The summed E-state index contributed by atoms with van der Waals surface area (Å²) in [7, 11) is 0. The second-order valence-corrected chi connectivity index (χ2v) is 7.19. The van der Waals surface area contributed by atoms with E-state index in [1.54, 1.807) is 11.0 Å². The van der Waals surface area contributed by atoms with Crippen molar-refractivity contribution in [3.05, 3.63) is 48.0 Å². The standard InChI is InChI=1S/C19H27N3O3/c1-4-17-24-10-19(3,11-25-17)18(23)16(22-13-20-12-21-22)9-15-7-5-14(2)6-8-15/h5-8,12-13,16-18,23H,4,9-11H2,1-3H3. The number of benzene rings is 1. The molecule has 6 heteroatoms. The van der Waals surface area contributed by atoms with E-state index in [0.29, 0.717) is 19.6 Å². The van der Waals surface area contributed by atoms with Gasteiger partial charge in [-0.05, 0) is 25.3 Å². The molecule has 0 bridgehead atoms. The minimum atomic E-state index is -0.673. The third-order valence-corrected chi connectivity index (χ3v) is 4.95. The molecule has 25 heavy (non-hydrogen) atoms. The van der Waals surface area contributed by atoms with Crippen LogP contribution >= 0.6 is 0 Å². The molecular formula is C19H27N3O3. The van der Waals surface area contributed by atoms with Gasteiger partial charge in [0.1, 0.15) is 12.7 Å². The lowest BCUT2D eigenvalue weighted by Gasteiger charge is -2.42. The maximum Gasteiger partial charge on any atom is 0.157 e. The Hall–Kier alpha value is -1.76. The molecule has 2 atom stereocenters. The Morgan fingerprint density at radius 2 is 1.96 bits per heavy atom. The highest BCUT2D eigenvalue weighted by molar-refractivity contribution is 5.22. The summed E-state index contributed by atoms with van der Waals surface area (Å²) in [5, 5.41) is 15.5. The van der Waals surface area contributed by atoms with Crippen molar-refractivity contribution < 1.29 is 14.6 Å². The molecule has 1 aromatic carbocycles. The highest BCUT2D eigenvalue weighted by Crippen LogP contribution is 2.35. The molecule has 0 radical (unpaired) electrons. The Morgan fingerprint density at radius 3 is 2.52 bits per heavy atom. The number of hydrogen-bond donors (Lipinski definition) is 1. The zero-order valence-corrected chi connectivity index (χ0v) is 15.1. The van der Waals surface area contributed by atoms with Crippen LogP contribution in [0.15, 0.2) is 36.9 Å². The van der Waals surface area contributed by atoms with E-state index in [9.17, 15) is 5.11 Å². The molecule has 1 saturated heterocycles. The largest absolute Gasteiger partial charge is 0.390 e. The molecular weight excluding hydrogens is 318 g/mol. The monoisotopic (exact) mass is 345 g/mol. The topological polar surface area (TPSA) is 69.4 Å². The van der Waals surface area contributed by atoms with E-state index in [2.05, 4.69) is 41.3 Å². The molecule has 0 spiro atoms. The van der Waals surface area contributed by atoms with Crippen molar-refractivity contribution in [1.82, 2.24) is 14.8 Å². The lowest BCUT2D eigenvalue weighted by Crippen LogP contribution is -2.50. The molecule has 1 aliphatic heterocycles. The number of aryl methyl sites for hydroxylation is 1. The zero-order chi connectivity index (χ0) is 17.9. The van der Waals surface area contributed by atoms with Crippen LogP contribution in [0.5, 0.6) is 0 Å². The van der Waals surface area contributed by atoms with Gasteiger partial charge in [0.05, 0.1) is 25.4 Å². The van der Waals surface area contributed by atoms with Crippen LogP contribution < -0.4 is 0 Å². The molecule has 0 saturated carbocycles. The van der Waals surface area contributed by atoms with Crippen molar-refractivity contribution in [3.63, 3.8) is 0 Å². The molecule has 1 N–H and O–H groups in total. The quantitative estimate of drug-likeness (QED) is 0.871. The van der Waals surface area contributed by atoms with Gasteiger partial charge in [-0.1, -0.05) is 43.7 Å². The van der Waals surface area contributed by atoms with Gasteiger partial charge in [-0.25, -0.2) is 9.67 Å². The summed E-state index contributed by atoms with van der Waals surface area (Å²) in [5.74, 6) is 0. The number of ether oxygens (including phenoxy) is 2. The third kappa shape index (κ3) is 4.08. The predicted octanol–water partition coefficient (Wildman–Crippen LogP) is 2.52. The van der Waals surface area contributed by atoms with Crippen molar-refractivity contribution in [1.29, 1.82) is 0 Å². The Bertz CT molecular complexity index is 649. The average molecular weight is 345 g/mol. The SMILES string of the molecule is CCC1OCC(C)(C(O)C(Cc2ccc(C)cc2)n2cncn2)CO1. The number of nitrogens with zero attached hydrogens (tertiary/aromatic N) is 3. The summed E-state index contributed by atoms with van der Waals surface area (Å²) >= 11 is 0. The van der Waals surface area contributed by atoms with E-state index < -0.39 is 11.5 Å². The first-order valence-electron chi connectivity index (χ1n) is 8.83. The fourth-order valence-electron chi connectivity index (χ4n) is 3.23. The van der Waals surface area contributed by atoms with E-state index in [1.807, 2.05) is 13.8 Å². The summed E-state index contributed by atoms with van der Waals surface area (Å²) in [6.45, 7) is 7.02. The molecule has 0 aliphatic carbocycles. The Labute approximate surface area is 148 Å². The van der Waals surface area contributed by atoms with Crippen molar-refractivity contribution in [2.75, 3.05) is 13.2 Å². The number of aromatic nitrogens is 3. The fraction of sp³-hybridized carbons (Fsp3) is 0.579. The summed E-state index contributed by atoms with van der Waals surface area (Å²) < 4.78 is 13.3. The van der Waals surface area contributed by atoms with E-state index in [0.717, 1.165) is 12.0 Å². The molecule has 1 aromatic heterocycles. The van der Waals surface area contributed by atoms with Crippen molar-refractivity contribution >= 4 is 0 Å². The maximum atomic E-state index is 11.2. The van der Waals surface area contributed by atoms with Gasteiger partial charge in [-0.2, -0.15) is 5.10 Å². The first-order valence-corrected chi connectivity index (χ1v) is 8.83. The fourth-order valence-corrected chi connectivity index (χ4v) is 3.23. The molecule has 1 fully saturated rings. The molecule has 2 unspecified atom stereocenters. The summed E-state index contributed by atoms with van der Waals surface area (Å²) in [5.41, 5.74) is 1.87. The van der Waals surface area contributed by atoms with Crippen molar-refractivity contribution in [2.24, 2.45) is 5.41 Å². The molecule has 1 aliphatic rings. The van der Waals surface area contributed by atoms with Gasteiger partial charge in [-0.15, -0.1) is 0 Å². The van der Waals surface area contributed by atoms with Gasteiger partial charge < -0.3 is 14.6 Å². The van der Waals surface area contributed by atoms with E-state index >= 15 is 0 Å². The predicted molar refractivity (Wildman–Crippen MR) is 94.0 cm³/mol. The van der Waals surface area contributed by atoms with Crippen LogP contribution in [0.3, 0.4) is 0 Å². The van der Waals surface area contributed by atoms with Gasteiger partial charge in [0, 0.05) is 5.41 Å². The smallest absolute Gasteiger partial charge is 0.157 e. The highest BCUT2D eigenvalue weighted by Gasteiger charge is 2.43. The maximum absolute atomic E-state index is 11.2. The van der Waals surface area contributed by atoms with Crippen LogP contribution in [0.25, 0.3) is 0 Å². The minimum Gasteiger partial charge on any atom is -0.390 e. The minimum absolute atomic E-state index is 0.179. The lowest BCUT2D eigenvalue weighted by molar-refractivity contribution is -0.249. The Balaban J connectivity index is 1.80. The molecule has 2 heterocycles. The number of rotatable bonds is 6. The Morgan fingerprint density at radius 1 is 1.28 bits per heavy atom. The van der Waals surface area contributed by atoms with E-state index in [-0.39, 0.29) is 12.3 Å². The van der Waals surface area contributed by atoms with Gasteiger partial charge in [-0.3, -0.25) is 0 Å². The number of hydrogen-bond acceptors (Lipinski definition) is 5. The first-order chi connectivity index (χ1) is 12.0. The van der Waals surface area contributed by atoms with Gasteiger partial charge >= 0.3 is 0 Å². The number of aliphatic hydroxyl groups excluding tert-OH is 1. The van der Waals surface area contributed by atoms with E-state index in [1.165, 1.54) is 11.9 Å². The van der Waals surface area contributed by atoms with Crippen molar-refractivity contribution in [3.8, 4) is 0 Å². The summed E-state index contributed by atoms with van der Waals surface area (Å²) in [4.78, 5) is 4.05. The molecule has 3 rings (SSSR count). The molecule has 136 valence electrons. The van der Waals surface area contributed by atoms with Crippen molar-refractivity contribution in [2.45, 2.75) is 52.0 Å². The first kappa shape index (κ1) is 18.0. The normalized spacial score (nSPS) is 26.3. The summed E-state index contributed by atoms with van der Waals surface area (Å²) in [6.07, 6.45) is 3.78. The average Bonchev–Trinajstić information content (AvgIpc) is 3.16. The van der Waals surface area contributed by atoms with Crippen LogP contribution in [-0.2, 0) is 15.9 Å².